The molecule has 0 saturated carbocycles. The lowest BCUT2D eigenvalue weighted by molar-refractivity contribution is 0.0351. The summed E-state index contributed by atoms with van der Waals surface area (Å²) >= 11 is 0. The van der Waals surface area contributed by atoms with Gasteiger partial charge in [-0.1, -0.05) is 6.07 Å². The Hall–Kier alpha value is -0.930. The predicted molar refractivity (Wildman–Crippen MR) is 57.0 cm³/mol. The van der Waals surface area contributed by atoms with E-state index in [0.717, 1.165) is 25.9 Å². The molecule has 1 unspecified atom stereocenters. The molecular weight excluding hydrogens is 176 g/mol. The molecule has 14 heavy (non-hydrogen) atoms. The first-order valence-electron chi connectivity index (χ1n) is 4.99. The van der Waals surface area contributed by atoms with Gasteiger partial charge in [0.05, 0.1) is 5.60 Å². The predicted octanol–water partition coefficient (Wildman–Crippen LogP) is 1.20. The molecule has 3 heteroatoms. The number of nitrogens with zero attached hydrogens (tertiary/aromatic N) is 1. The topological polar surface area (TPSA) is 45.1 Å². The lowest BCUT2D eigenvalue weighted by Crippen LogP contribution is -2.42. The lowest BCUT2D eigenvalue weighted by atomic mass is 9.97. The van der Waals surface area contributed by atoms with Crippen LogP contribution < -0.4 is 5.32 Å². The minimum Gasteiger partial charge on any atom is -0.389 e. The SMILES string of the molecule is CC1(O)CCCNC1.c1ccncc1. The van der Waals surface area contributed by atoms with E-state index in [-0.39, 0.29) is 0 Å². The van der Waals surface area contributed by atoms with E-state index in [1.807, 2.05) is 25.1 Å². The maximum atomic E-state index is 9.31. The van der Waals surface area contributed by atoms with Crippen LogP contribution in [0.25, 0.3) is 0 Å². The molecule has 1 saturated heterocycles. The van der Waals surface area contributed by atoms with Gasteiger partial charge in [0, 0.05) is 18.9 Å². The fourth-order valence-corrected chi connectivity index (χ4v) is 1.35. The average Bonchev–Trinajstić information content (AvgIpc) is 2.21. The Bertz CT molecular complexity index is 202. The molecule has 0 amide bonds. The summed E-state index contributed by atoms with van der Waals surface area (Å²) < 4.78 is 0. The first kappa shape index (κ1) is 11.1. The van der Waals surface area contributed by atoms with E-state index in [1.54, 1.807) is 12.4 Å². The minimum atomic E-state index is -0.432. The van der Waals surface area contributed by atoms with Crippen molar-refractivity contribution in [1.82, 2.24) is 10.3 Å². The molecule has 0 spiro atoms. The molecule has 1 fully saturated rings. The zero-order chi connectivity index (χ0) is 10.3. The van der Waals surface area contributed by atoms with Crippen molar-refractivity contribution < 1.29 is 5.11 Å². The molecule has 1 atom stereocenters. The number of aliphatic hydroxyl groups is 1. The van der Waals surface area contributed by atoms with E-state index in [0.29, 0.717) is 0 Å². The largest absolute Gasteiger partial charge is 0.389 e. The highest BCUT2D eigenvalue weighted by Crippen LogP contribution is 2.13. The molecule has 0 aliphatic carbocycles. The highest BCUT2D eigenvalue weighted by atomic mass is 16.3. The van der Waals surface area contributed by atoms with Crippen LogP contribution in [0.1, 0.15) is 19.8 Å². The van der Waals surface area contributed by atoms with E-state index in [4.69, 9.17) is 0 Å². The van der Waals surface area contributed by atoms with E-state index >= 15 is 0 Å². The van der Waals surface area contributed by atoms with Gasteiger partial charge >= 0.3 is 0 Å². The Morgan fingerprint density at radius 1 is 1.29 bits per heavy atom. The van der Waals surface area contributed by atoms with Gasteiger partial charge in [0.15, 0.2) is 0 Å². The summed E-state index contributed by atoms with van der Waals surface area (Å²) in [5.41, 5.74) is -0.432. The smallest absolute Gasteiger partial charge is 0.0744 e. The van der Waals surface area contributed by atoms with Gasteiger partial charge in [0.1, 0.15) is 0 Å². The number of hydrogen-bond donors (Lipinski definition) is 2. The second-order valence-corrected chi connectivity index (χ2v) is 3.80. The highest BCUT2D eigenvalue weighted by Gasteiger charge is 2.21. The van der Waals surface area contributed by atoms with Crippen molar-refractivity contribution in [1.29, 1.82) is 0 Å². The van der Waals surface area contributed by atoms with Gasteiger partial charge in [-0.05, 0) is 38.4 Å². The molecule has 3 nitrogen and oxygen atoms in total. The number of hydrogen-bond acceptors (Lipinski definition) is 3. The Kier molecular flexibility index (Phi) is 4.56. The van der Waals surface area contributed by atoms with E-state index in [2.05, 4.69) is 10.3 Å². The summed E-state index contributed by atoms with van der Waals surface area (Å²) in [5, 5.41) is 12.4. The summed E-state index contributed by atoms with van der Waals surface area (Å²) in [6.07, 6.45) is 5.55. The zero-order valence-electron chi connectivity index (χ0n) is 8.61. The molecule has 2 N–H and O–H groups in total. The average molecular weight is 194 g/mol. The Labute approximate surface area is 85.2 Å². The molecule has 1 aliphatic heterocycles. The van der Waals surface area contributed by atoms with Crippen molar-refractivity contribution in [2.45, 2.75) is 25.4 Å². The van der Waals surface area contributed by atoms with Gasteiger partial charge in [-0.3, -0.25) is 4.98 Å². The first-order chi connectivity index (χ1) is 6.71. The van der Waals surface area contributed by atoms with Crippen LogP contribution in [0.4, 0.5) is 0 Å². The van der Waals surface area contributed by atoms with Crippen LogP contribution in [0.2, 0.25) is 0 Å². The summed E-state index contributed by atoms with van der Waals surface area (Å²) in [4.78, 5) is 3.78. The summed E-state index contributed by atoms with van der Waals surface area (Å²) in [6, 6.07) is 5.72. The van der Waals surface area contributed by atoms with Gasteiger partial charge in [-0.15, -0.1) is 0 Å². The maximum absolute atomic E-state index is 9.31. The van der Waals surface area contributed by atoms with Crippen molar-refractivity contribution in [3.63, 3.8) is 0 Å². The van der Waals surface area contributed by atoms with Crippen LogP contribution in [-0.4, -0.2) is 28.8 Å². The number of nitrogens with one attached hydrogen (secondary N) is 1. The van der Waals surface area contributed by atoms with Crippen LogP contribution in [0.5, 0.6) is 0 Å². The van der Waals surface area contributed by atoms with Gasteiger partial charge in [-0.2, -0.15) is 0 Å². The second kappa shape index (κ2) is 5.73. The summed E-state index contributed by atoms with van der Waals surface area (Å²) in [7, 11) is 0. The molecule has 0 bridgehead atoms. The third-order valence-corrected chi connectivity index (χ3v) is 2.14. The number of aromatic nitrogens is 1. The van der Waals surface area contributed by atoms with Gasteiger partial charge in [-0.25, -0.2) is 0 Å². The van der Waals surface area contributed by atoms with Crippen molar-refractivity contribution in [3.05, 3.63) is 30.6 Å². The molecule has 2 heterocycles. The van der Waals surface area contributed by atoms with Crippen LogP contribution in [0.15, 0.2) is 30.6 Å². The molecule has 0 radical (unpaired) electrons. The molecule has 2 rings (SSSR count). The third-order valence-electron chi connectivity index (χ3n) is 2.14. The molecule has 0 aromatic carbocycles. The van der Waals surface area contributed by atoms with Crippen LogP contribution in [-0.2, 0) is 0 Å². The third kappa shape index (κ3) is 4.94. The molecular formula is C11H18N2O. The van der Waals surface area contributed by atoms with Crippen LogP contribution >= 0.6 is 0 Å². The first-order valence-corrected chi connectivity index (χ1v) is 4.99. The van der Waals surface area contributed by atoms with Crippen molar-refractivity contribution in [2.24, 2.45) is 0 Å². The van der Waals surface area contributed by atoms with Gasteiger partial charge in [0.2, 0.25) is 0 Å². The lowest BCUT2D eigenvalue weighted by Gasteiger charge is -2.28. The standard InChI is InChI=1S/C6H13NO.C5H5N/c1-6(8)3-2-4-7-5-6;1-2-4-6-5-3-1/h7-8H,2-5H2,1H3;1-5H. The Morgan fingerprint density at radius 3 is 2.21 bits per heavy atom. The van der Waals surface area contributed by atoms with E-state index in [1.165, 1.54) is 0 Å². The molecule has 1 aromatic heterocycles. The van der Waals surface area contributed by atoms with Crippen molar-refractivity contribution in [3.8, 4) is 0 Å². The minimum absolute atomic E-state index is 0.432. The van der Waals surface area contributed by atoms with Gasteiger partial charge < -0.3 is 10.4 Å². The number of pyridine rings is 1. The quantitative estimate of drug-likeness (QED) is 0.652. The maximum Gasteiger partial charge on any atom is 0.0744 e. The Balaban J connectivity index is 0.000000146. The van der Waals surface area contributed by atoms with E-state index in [9.17, 15) is 5.11 Å². The second-order valence-electron chi connectivity index (χ2n) is 3.80. The number of piperidine rings is 1. The van der Waals surface area contributed by atoms with Crippen LogP contribution in [0, 0.1) is 0 Å². The van der Waals surface area contributed by atoms with Gasteiger partial charge in [0.25, 0.3) is 0 Å². The molecule has 78 valence electrons. The molecule has 1 aromatic rings. The number of β-amino-alcohol motifs (C(OH)–C–C–N with tert-alkyl or cyclic N) is 1. The van der Waals surface area contributed by atoms with Crippen molar-refractivity contribution >= 4 is 0 Å². The monoisotopic (exact) mass is 194 g/mol. The van der Waals surface area contributed by atoms with Crippen LogP contribution in [0.3, 0.4) is 0 Å². The number of rotatable bonds is 0. The Morgan fingerprint density at radius 2 is 2.00 bits per heavy atom. The molecule has 1 aliphatic rings. The van der Waals surface area contributed by atoms with E-state index < -0.39 is 5.60 Å². The summed E-state index contributed by atoms with van der Waals surface area (Å²) in [5.74, 6) is 0. The summed E-state index contributed by atoms with van der Waals surface area (Å²) in [6.45, 7) is 3.70. The normalized spacial score (nSPS) is 26.1. The fraction of sp³-hybridized carbons (Fsp3) is 0.545. The highest BCUT2D eigenvalue weighted by molar-refractivity contribution is 4.88. The zero-order valence-corrected chi connectivity index (χ0v) is 8.61. The fourth-order valence-electron chi connectivity index (χ4n) is 1.35. The van der Waals surface area contributed by atoms with Crippen molar-refractivity contribution in [2.75, 3.05) is 13.1 Å².